The van der Waals surface area contributed by atoms with Gasteiger partial charge in [0.1, 0.15) is 28.8 Å². The van der Waals surface area contributed by atoms with Crippen LogP contribution in [0.5, 0.6) is 23.0 Å². The first-order valence-electron chi connectivity index (χ1n) is 12.1. The van der Waals surface area contributed by atoms with E-state index in [1.807, 2.05) is 24.3 Å². The Morgan fingerprint density at radius 1 is 0.892 bits per heavy atom. The van der Waals surface area contributed by atoms with Crippen molar-refractivity contribution in [3.05, 3.63) is 64.1 Å². The van der Waals surface area contributed by atoms with Crippen LogP contribution in [-0.4, -0.2) is 50.2 Å². The minimum absolute atomic E-state index is 0.200. The van der Waals surface area contributed by atoms with Crippen molar-refractivity contribution in [3.8, 4) is 23.0 Å². The molecule has 2 aromatic carbocycles. The molecular weight excluding hydrogens is 494 g/mol. The summed E-state index contributed by atoms with van der Waals surface area (Å²) in [4.78, 5) is 30.5. The average molecular weight is 526 g/mol. The van der Waals surface area contributed by atoms with Crippen molar-refractivity contribution in [2.75, 3.05) is 21.3 Å². The Kier molecular flexibility index (Phi) is 8.84. The SMILES string of the molecule is COc1cc(OC)cc(C(=O)N[C@@H]2CCCC[C@H]2NC(=O)c2csc(COc3ccccc3OC)n2)c1. The minimum atomic E-state index is -0.269. The quantitative estimate of drug-likeness (QED) is 0.408. The number of nitrogens with zero attached hydrogens (tertiary/aromatic N) is 1. The van der Waals surface area contributed by atoms with Crippen LogP contribution in [0, 0.1) is 0 Å². The highest BCUT2D eigenvalue weighted by atomic mass is 32.1. The molecule has 0 bridgehead atoms. The van der Waals surface area contributed by atoms with E-state index in [1.165, 1.54) is 25.6 Å². The Morgan fingerprint density at radius 2 is 1.51 bits per heavy atom. The van der Waals surface area contributed by atoms with Gasteiger partial charge in [0, 0.05) is 29.1 Å². The predicted molar refractivity (Wildman–Crippen MR) is 140 cm³/mol. The van der Waals surface area contributed by atoms with E-state index in [0.29, 0.717) is 39.3 Å². The maximum absolute atomic E-state index is 13.0. The zero-order chi connectivity index (χ0) is 26.2. The van der Waals surface area contributed by atoms with E-state index in [-0.39, 0.29) is 30.5 Å². The topological polar surface area (TPSA) is 108 Å². The number of nitrogens with one attached hydrogen (secondary N) is 2. The van der Waals surface area contributed by atoms with E-state index in [2.05, 4.69) is 15.6 Å². The molecule has 1 fully saturated rings. The molecule has 0 saturated heterocycles. The van der Waals surface area contributed by atoms with Crippen molar-refractivity contribution in [1.82, 2.24) is 15.6 Å². The van der Waals surface area contributed by atoms with Gasteiger partial charge in [-0.15, -0.1) is 11.3 Å². The van der Waals surface area contributed by atoms with Gasteiger partial charge < -0.3 is 29.6 Å². The zero-order valence-electron chi connectivity index (χ0n) is 21.1. The summed E-state index contributed by atoms with van der Waals surface area (Å²) in [5.74, 6) is 1.80. The molecule has 1 aliphatic carbocycles. The van der Waals surface area contributed by atoms with Gasteiger partial charge in [-0.3, -0.25) is 9.59 Å². The van der Waals surface area contributed by atoms with Crippen LogP contribution in [-0.2, 0) is 6.61 Å². The fourth-order valence-corrected chi connectivity index (χ4v) is 4.95. The van der Waals surface area contributed by atoms with Gasteiger partial charge in [-0.05, 0) is 37.1 Å². The van der Waals surface area contributed by atoms with Gasteiger partial charge in [0.15, 0.2) is 11.5 Å². The van der Waals surface area contributed by atoms with E-state index in [4.69, 9.17) is 18.9 Å². The first-order valence-corrected chi connectivity index (χ1v) is 12.9. The Balaban J connectivity index is 1.37. The third-order valence-electron chi connectivity index (χ3n) is 6.22. The van der Waals surface area contributed by atoms with Gasteiger partial charge in [-0.2, -0.15) is 0 Å². The van der Waals surface area contributed by atoms with Crippen molar-refractivity contribution >= 4 is 23.2 Å². The first-order chi connectivity index (χ1) is 18.0. The van der Waals surface area contributed by atoms with Gasteiger partial charge in [-0.1, -0.05) is 25.0 Å². The van der Waals surface area contributed by atoms with Crippen LogP contribution in [0.3, 0.4) is 0 Å². The fourth-order valence-electron chi connectivity index (χ4n) is 4.27. The van der Waals surface area contributed by atoms with Crippen molar-refractivity contribution in [2.45, 2.75) is 44.4 Å². The van der Waals surface area contributed by atoms with Crippen molar-refractivity contribution in [1.29, 1.82) is 0 Å². The maximum atomic E-state index is 13.0. The summed E-state index contributed by atoms with van der Waals surface area (Å²) in [5.41, 5.74) is 0.767. The summed E-state index contributed by atoms with van der Waals surface area (Å²) in [5, 5.41) is 8.55. The minimum Gasteiger partial charge on any atom is -0.497 e. The second-order valence-electron chi connectivity index (χ2n) is 8.61. The first kappa shape index (κ1) is 26.3. The van der Waals surface area contributed by atoms with E-state index in [9.17, 15) is 9.59 Å². The molecule has 2 atom stereocenters. The fraction of sp³-hybridized carbons (Fsp3) is 0.370. The second kappa shape index (κ2) is 12.4. The van der Waals surface area contributed by atoms with Crippen LogP contribution in [0.1, 0.15) is 51.5 Å². The van der Waals surface area contributed by atoms with E-state index < -0.39 is 0 Å². The number of ether oxygens (including phenoxy) is 4. The standard InChI is InChI=1S/C27H31N3O6S/c1-33-18-12-17(13-19(14-18)34-2)26(31)29-20-8-4-5-9-21(20)30-27(32)22-16-37-25(28-22)15-36-24-11-7-6-10-23(24)35-3/h6-7,10-14,16,20-21H,4-5,8-9,15H2,1-3H3,(H,29,31)(H,30,32)/t20-,21-/m1/s1. The lowest BCUT2D eigenvalue weighted by molar-refractivity contribution is 0.0860. The lowest BCUT2D eigenvalue weighted by Crippen LogP contribution is -2.53. The molecule has 4 rings (SSSR count). The summed E-state index contributed by atoms with van der Waals surface area (Å²) in [7, 11) is 4.66. The third kappa shape index (κ3) is 6.71. The summed E-state index contributed by atoms with van der Waals surface area (Å²) < 4.78 is 21.7. The second-order valence-corrected chi connectivity index (χ2v) is 9.55. The smallest absolute Gasteiger partial charge is 0.271 e. The Hall–Kier alpha value is -3.79. The number of benzene rings is 2. The molecule has 1 aromatic heterocycles. The van der Waals surface area contributed by atoms with Gasteiger partial charge in [0.25, 0.3) is 11.8 Å². The molecule has 196 valence electrons. The molecule has 1 aliphatic rings. The summed E-state index contributed by atoms with van der Waals surface area (Å²) in [6.07, 6.45) is 3.48. The highest BCUT2D eigenvalue weighted by Gasteiger charge is 2.29. The zero-order valence-corrected chi connectivity index (χ0v) is 21.9. The number of para-hydroxylation sites is 2. The molecule has 10 heteroatoms. The molecular formula is C27H31N3O6S. The summed E-state index contributed by atoms with van der Waals surface area (Å²) in [6, 6.07) is 12.0. The molecule has 3 aromatic rings. The molecule has 0 radical (unpaired) electrons. The van der Waals surface area contributed by atoms with Crippen LogP contribution >= 0.6 is 11.3 Å². The van der Waals surface area contributed by atoms with Crippen molar-refractivity contribution in [3.63, 3.8) is 0 Å². The van der Waals surface area contributed by atoms with Crippen LogP contribution in [0.4, 0.5) is 0 Å². The Labute approximate surface area is 220 Å². The molecule has 2 amide bonds. The highest BCUT2D eigenvalue weighted by molar-refractivity contribution is 7.09. The van der Waals surface area contributed by atoms with Crippen molar-refractivity contribution < 1.29 is 28.5 Å². The number of carbonyl (C=O) groups is 2. The van der Waals surface area contributed by atoms with Crippen LogP contribution < -0.4 is 29.6 Å². The number of carbonyl (C=O) groups excluding carboxylic acids is 2. The molecule has 1 saturated carbocycles. The maximum Gasteiger partial charge on any atom is 0.271 e. The molecule has 0 unspecified atom stereocenters. The van der Waals surface area contributed by atoms with E-state index in [0.717, 1.165) is 25.7 Å². The Morgan fingerprint density at radius 3 is 2.14 bits per heavy atom. The lowest BCUT2D eigenvalue weighted by atomic mass is 9.90. The molecule has 0 spiro atoms. The largest absolute Gasteiger partial charge is 0.497 e. The Bertz CT molecular complexity index is 1210. The summed E-state index contributed by atoms with van der Waals surface area (Å²) >= 11 is 1.36. The average Bonchev–Trinajstić information content (AvgIpc) is 3.42. The number of thiazole rings is 1. The van der Waals surface area contributed by atoms with Gasteiger partial charge >= 0.3 is 0 Å². The molecule has 0 aliphatic heterocycles. The number of hydrogen-bond acceptors (Lipinski definition) is 8. The number of hydrogen-bond donors (Lipinski definition) is 2. The number of aromatic nitrogens is 1. The number of methoxy groups -OCH3 is 3. The highest BCUT2D eigenvalue weighted by Crippen LogP contribution is 2.27. The van der Waals surface area contributed by atoms with E-state index >= 15 is 0 Å². The van der Waals surface area contributed by atoms with Gasteiger partial charge in [-0.25, -0.2) is 4.98 Å². The van der Waals surface area contributed by atoms with Crippen LogP contribution in [0.15, 0.2) is 47.8 Å². The lowest BCUT2D eigenvalue weighted by Gasteiger charge is -2.32. The molecule has 37 heavy (non-hydrogen) atoms. The van der Waals surface area contributed by atoms with Crippen LogP contribution in [0.2, 0.25) is 0 Å². The molecule has 2 N–H and O–H groups in total. The van der Waals surface area contributed by atoms with Gasteiger partial charge in [0.05, 0.1) is 21.3 Å². The van der Waals surface area contributed by atoms with Crippen molar-refractivity contribution in [2.24, 2.45) is 0 Å². The third-order valence-corrected chi connectivity index (χ3v) is 7.04. The number of amides is 2. The summed E-state index contributed by atoms with van der Waals surface area (Å²) in [6.45, 7) is 0.227. The monoisotopic (exact) mass is 525 g/mol. The number of rotatable bonds is 10. The normalized spacial score (nSPS) is 16.9. The molecule has 9 nitrogen and oxygen atoms in total. The predicted octanol–water partition coefficient (Wildman–Crippen LogP) is 4.22. The molecule has 1 heterocycles. The van der Waals surface area contributed by atoms with Crippen LogP contribution in [0.25, 0.3) is 0 Å². The van der Waals surface area contributed by atoms with Gasteiger partial charge in [0.2, 0.25) is 0 Å². The van der Waals surface area contributed by atoms with E-state index in [1.54, 1.807) is 30.7 Å².